The molecule has 0 unspecified atom stereocenters. The first kappa shape index (κ1) is 13.9. The highest BCUT2D eigenvalue weighted by atomic mass is 15.3. The van der Waals surface area contributed by atoms with Crippen LogP contribution in [-0.2, 0) is 0 Å². The molecule has 0 radical (unpaired) electrons. The number of aryl methyl sites for hydroxylation is 2. The van der Waals surface area contributed by atoms with Crippen LogP contribution in [0.1, 0.15) is 36.7 Å². The third-order valence-electron chi connectivity index (χ3n) is 4.28. The fourth-order valence-corrected chi connectivity index (χ4v) is 3.04. The molecule has 0 bridgehead atoms. The van der Waals surface area contributed by atoms with Crippen LogP contribution in [0.2, 0.25) is 0 Å². The standard InChI is InChI=1S/C18H19N5/c1-10(2)17-20-18-15(11(3)5-6-23(18)22-17)13-7-12(4)16-14(8-13)9-19-21-16/h5-10H,1-4H3,(H,19,21). The predicted molar refractivity (Wildman–Crippen MR) is 91.6 cm³/mol. The summed E-state index contributed by atoms with van der Waals surface area (Å²) in [4.78, 5) is 4.78. The predicted octanol–water partition coefficient (Wildman–Crippen LogP) is 4.01. The molecule has 1 aromatic carbocycles. The number of nitrogens with one attached hydrogen (secondary N) is 1. The van der Waals surface area contributed by atoms with Gasteiger partial charge in [0.25, 0.3) is 0 Å². The normalized spacial score (nSPS) is 11.9. The van der Waals surface area contributed by atoms with E-state index >= 15 is 0 Å². The second kappa shape index (κ2) is 4.91. The van der Waals surface area contributed by atoms with Crippen LogP contribution in [0, 0.1) is 13.8 Å². The summed E-state index contributed by atoms with van der Waals surface area (Å²) in [5.41, 5.74) is 6.67. The zero-order valence-corrected chi connectivity index (χ0v) is 13.8. The summed E-state index contributed by atoms with van der Waals surface area (Å²) >= 11 is 0. The van der Waals surface area contributed by atoms with Gasteiger partial charge in [0.15, 0.2) is 11.5 Å². The molecular formula is C18H19N5. The number of H-pyrrole nitrogens is 1. The van der Waals surface area contributed by atoms with E-state index in [0.29, 0.717) is 5.92 Å². The quantitative estimate of drug-likeness (QED) is 0.608. The number of pyridine rings is 1. The summed E-state index contributed by atoms with van der Waals surface area (Å²) < 4.78 is 1.88. The first-order chi connectivity index (χ1) is 11.0. The molecule has 5 heteroatoms. The van der Waals surface area contributed by atoms with Crippen LogP contribution >= 0.6 is 0 Å². The highest BCUT2D eigenvalue weighted by molar-refractivity contribution is 5.90. The Kier molecular flexibility index (Phi) is 2.98. The molecule has 0 atom stereocenters. The van der Waals surface area contributed by atoms with Crippen LogP contribution < -0.4 is 0 Å². The Morgan fingerprint density at radius 2 is 1.96 bits per heavy atom. The van der Waals surface area contributed by atoms with Crippen LogP contribution in [0.4, 0.5) is 0 Å². The third-order valence-corrected chi connectivity index (χ3v) is 4.28. The van der Waals surface area contributed by atoms with E-state index in [1.54, 1.807) is 0 Å². The van der Waals surface area contributed by atoms with E-state index in [1.165, 1.54) is 11.1 Å². The van der Waals surface area contributed by atoms with Crippen molar-refractivity contribution in [3.63, 3.8) is 0 Å². The van der Waals surface area contributed by atoms with Crippen molar-refractivity contribution in [3.05, 3.63) is 47.5 Å². The molecule has 116 valence electrons. The second-order valence-corrected chi connectivity index (χ2v) is 6.39. The van der Waals surface area contributed by atoms with Crippen LogP contribution in [0.5, 0.6) is 0 Å². The van der Waals surface area contributed by atoms with Gasteiger partial charge < -0.3 is 0 Å². The molecule has 23 heavy (non-hydrogen) atoms. The first-order valence-electron chi connectivity index (χ1n) is 7.84. The molecule has 0 spiro atoms. The van der Waals surface area contributed by atoms with Crippen molar-refractivity contribution in [2.45, 2.75) is 33.6 Å². The van der Waals surface area contributed by atoms with Gasteiger partial charge in [0.05, 0.1) is 11.7 Å². The first-order valence-corrected chi connectivity index (χ1v) is 7.84. The van der Waals surface area contributed by atoms with E-state index in [-0.39, 0.29) is 0 Å². The van der Waals surface area contributed by atoms with E-state index in [0.717, 1.165) is 33.5 Å². The Bertz CT molecular complexity index is 1020. The van der Waals surface area contributed by atoms with Gasteiger partial charge in [-0.3, -0.25) is 5.10 Å². The van der Waals surface area contributed by atoms with Crippen molar-refractivity contribution in [2.75, 3.05) is 0 Å². The molecule has 0 aliphatic carbocycles. The molecule has 0 saturated heterocycles. The van der Waals surface area contributed by atoms with Gasteiger partial charge in [0.2, 0.25) is 0 Å². The largest absolute Gasteiger partial charge is 0.278 e. The van der Waals surface area contributed by atoms with Crippen molar-refractivity contribution in [1.29, 1.82) is 0 Å². The van der Waals surface area contributed by atoms with Gasteiger partial charge in [-0.2, -0.15) is 10.2 Å². The molecule has 4 rings (SSSR count). The maximum atomic E-state index is 4.78. The summed E-state index contributed by atoms with van der Waals surface area (Å²) in [6, 6.07) is 6.44. The van der Waals surface area contributed by atoms with E-state index in [2.05, 4.69) is 61.2 Å². The summed E-state index contributed by atoms with van der Waals surface area (Å²) in [5.74, 6) is 1.18. The Labute approximate surface area is 134 Å². The van der Waals surface area contributed by atoms with Crippen LogP contribution in [0.25, 0.3) is 27.7 Å². The topological polar surface area (TPSA) is 58.9 Å². The number of fused-ring (bicyclic) bond motifs is 2. The van der Waals surface area contributed by atoms with Gasteiger partial charge in [0, 0.05) is 23.1 Å². The van der Waals surface area contributed by atoms with Gasteiger partial charge >= 0.3 is 0 Å². The van der Waals surface area contributed by atoms with Crippen LogP contribution in [0.15, 0.2) is 30.6 Å². The average molecular weight is 305 g/mol. The zero-order chi connectivity index (χ0) is 16.1. The molecule has 0 amide bonds. The summed E-state index contributed by atoms with van der Waals surface area (Å²) in [6.07, 6.45) is 3.85. The van der Waals surface area contributed by atoms with Crippen molar-refractivity contribution in [3.8, 4) is 11.1 Å². The van der Waals surface area contributed by atoms with Crippen LogP contribution in [0.3, 0.4) is 0 Å². The van der Waals surface area contributed by atoms with Gasteiger partial charge in [-0.1, -0.05) is 13.8 Å². The fraction of sp³-hybridized carbons (Fsp3) is 0.278. The second-order valence-electron chi connectivity index (χ2n) is 6.39. The number of nitrogens with zero attached hydrogens (tertiary/aromatic N) is 4. The lowest BCUT2D eigenvalue weighted by molar-refractivity contribution is 0.765. The SMILES string of the molecule is Cc1ccn2nc(C(C)C)nc2c1-c1cc(C)c2[nH]ncc2c1. The number of benzene rings is 1. The molecule has 4 aromatic rings. The van der Waals surface area contributed by atoms with Crippen molar-refractivity contribution in [1.82, 2.24) is 24.8 Å². The van der Waals surface area contributed by atoms with E-state index in [4.69, 9.17) is 4.98 Å². The number of hydrogen-bond acceptors (Lipinski definition) is 3. The Balaban J connectivity index is 2.04. The van der Waals surface area contributed by atoms with Gasteiger partial charge in [0.1, 0.15) is 0 Å². The van der Waals surface area contributed by atoms with Crippen molar-refractivity contribution >= 4 is 16.6 Å². The summed E-state index contributed by atoms with van der Waals surface area (Å²) in [7, 11) is 0. The average Bonchev–Trinajstić information content (AvgIpc) is 3.13. The smallest absolute Gasteiger partial charge is 0.163 e. The van der Waals surface area contributed by atoms with Crippen molar-refractivity contribution < 1.29 is 0 Å². The number of aromatic amines is 1. The van der Waals surface area contributed by atoms with Gasteiger partial charge in [-0.15, -0.1) is 0 Å². The fourth-order valence-electron chi connectivity index (χ4n) is 3.04. The molecule has 0 fully saturated rings. The lowest BCUT2D eigenvalue weighted by Gasteiger charge is -2.09. The minimum atomic E-state index is 0.307. The minimum Gasteiger partial charge on any atom is -0.278 e. The monoisotopic (exact) mass is 305 g/mol. The maximum Gasteiger partial charge on any atom is 0.163 e. The van der Waals surface area contributed by atoms with Gasteiger partial charge in [-0.05, 0) is 48.7 Å². The van der Waals surface area contributed by atoms with Crippen LogP contribution in [-0.4, -0.2) is 24.8 Å². The molecule has 0 aliphatic heterocycles. The summed E-state index contributed by atoms with van der Waals surface area (Å²) in [5, 5.41) is 12.9. The Hall–Kier alpha value is -2.69. The minimum absolute atomic E-state index is 0.307. The molecule has 3 heterocycles. The number of aromatic nitrogens is 5. The highest BCUT2D eigenvalue weighted by Crippen LogP contribution is 2.31. The highest BCUT2D eigenvalue weighted by Gasteiger charge is 2.15. The lowest BCUT2D eigenvalue weighted by Crippen LogP contribution is -1.94. The lowest BCUT2D eigenvalue weighted by atomic mass is 9.98. The molecule has 5 nitrogen and oxygen atoms in total. The molecule has 0 saturated carbocycles. The molecular weight excluding hydrogens is 286 g/mol. The van der Waals surface area contributed by atoms with Gasteiger partial charge in [-0.25, -0.2) is 9.50 Å². The zero-order valence-electron chi connectivity index (χ0n) is 13.8. The molecule has 3 aromatic heterocycles. The Morgan fingerprint density at radius 3 is 2.74 bits per heavy atom. The van der Waals surface area contributed by atoms with E-state index in [1.807, 2.05) is 16.9 Å². The summed E-state index contributed by atoms with van der Waals surface area (Å²) in [6.45, 7) is 8.45. The molecule has 1 N–H and O–H groups in total. The number of rotatable bonds is 2. The van der Waals surface area contributed by atoms with E-state index in [9.17, 15) is 0 Å². The van der Waals surface area contributed by atoms with E-state index < -0.39 is 0 Å². The maximum absolute atomic E-state index is 4.78. The Morgan fingerprint density at radius 1 is 1.13 bits per heavy atom. The number of hydrogen-bond donors (Lipinski definition) is 1. The third kappa shape index (κ3) is 2.11. The molecule has 0 aliphatic rings. The van der Waals surface area contributed by atoms with Crippen molar-refractivity contribution in [2.24, 2.45) is 0 Å².